The van der Waals surface area contributed by atoms with Crippen LogP contribution in [0.1, 0.15) is 24.6 Å². The molecule has 0 spiro atoms. The lowest BCUT2D eigenvalue weighted by Crippen LogP contribution is -2.45. The van der Waals surface area contributed by atoms with Gasteiger partial charge in [0.25, 0.3) is 0 Å². The first-order valence-electron chi connectivity index (χ1n) is 9.53. The third kappa shape index (κ3) is 4.35. The number of rotatable bonds is 3. The molecule has 11 heteroatoms. The summed E-state index contributed by atoms with van der Waals surface area (Å²) in [6.45, 7) is -0.0449. The monoisotopic (exact) mass is 434 g/mol. The van der Waals surface area contributed by atoms with E-state index in [-0.39, 0.29) is 25.0 Å². The van der Waals surface area contributed by atoms with Gasteiger partial charge >= 0.3 is 12.1 Å². The first-order valence-corrected chi connectivity index (χ1v) is 9.53. The molecule has 1 aliphatic heterocycles. The van der Waals surface area contributed by atoms with Crippen LogP contribution in [0.4, 0.5) is 23.5 Å². The van der Waals surface area contributed by atoms with Gasteiger partial charge in [-0.15, -0.1) is 0 Å². The number of nitrogens with zero attached hydrogens (tertiary/aromatic N) is 4. The zero-order valence-electron chi connectivity index (χ0n) is 16.2. The SMILES string of the molecule is Nc1nccc(-c2[nH]c(C3CCN(C(=O)C(F)(F)F)CC3)nc2-c2ccc(F)cc2)n1. The molecule has 1 fully saturated rings. The van der Waals surface area contributed by atoms with E-state index in [1.165, 1.54) is 18.3 Å². The molecule has 0 radical (unpaired) electrons. The van der Waals surface area contributed by atoms with Crippen LogP contribution in [0.25, 0.3) is 22.6 Å². The van der Waals surface area contributed by atoms with Crippen LogP contribution < -0.4 is 5.73 Å². The molecule has 31 heavy (non-hydrogen) atoms. The van der Waals surface area contributed by atoms with Gasteiger partial charge in [0.05, 0.1) is 17.1 Å². The van der Waals surface area contributed by atoms with E-state index in [0.717, 1.165) is 4.90 Å². The minimum absolute atomic E-state index is 0.0224. The molecule has 1 aliphatic rings. The zero-order valence-corrected chi connectivity index (χ0v) is 16.2. The second-order valence-electron chi connectivity index (χ2n) is 7.22. The summed E-state index contributed by atoms with van der Waals surface area (Å²) in [6.07, 6.45) is -2.74. The fourth-order valence-corrected chi connectivity index (χ4v) is 3.64. The van der Waals surface area contributed by atoms with E-state index < -0.39 is 17.9 Å². The Morgan fingerprint density at radius 1 is 1.10 bits per heavy atom. The van der Waals surface area contributed by atoms with Gasteiger partial charge in [0.1, 0.15) is 11.6 Å². The fraction of sp³-hybridized carbons (Fsp3) is 0.300. The predicted molar refractivity (Wildman–Crippen MR) is 104 cm³/mol. The molecular formula is C20H18F4N6O. The number of hydrogen-bond donors (Lipinski definition) is 2. The summed E-state index contributed by atoms with van der Waals surface area (Å²) in [5.41, 5.74) is 7.88. The second-order valence-corrected chi connectivity index (χ2v) is 7.22. The number of likely N-dealkylation sites (tertiary alicyclic amines) is 1. The molecule has 1 saturated heterocycles. The number of aromatic nitrogens is 4. The largest absolute Gasteiger partial charge is 0.471 e. The summed E-state index contributed by atoms with van der Waals surface area (Å²) in [6, 6.07) is 7.42. The lowest BCUT2D eigenvalue weighted by molar-refractivity contribution is -0.186. The third-order valence-electron chi connectivity index (χ3n) is 5.18. The summed E-state index contributed by atoms with van der Waals surface area (Å²) in [5, 5.41) is 0. The van der Waals surface area contributed by atoms with Gasteiger partial charge in [-0.2, -0.15) is 13.2 Å². The highest BCUT2D eigenvalue weighted by molar-refractivity contribution is 5.82. The Kier molecular flexibility index (Phi) is 5.34. The maximum absolute atomic E-state index is 13.4. The zero-order chi connectivity index (χ0) is 22.2. The number of hydrogen-bond acceptors (Lipinski definition) is 5. The molecule has 4 rings (SSSR count). The molecule has 7 nitrogen and oxygen atoms in total. The minimum Gasteiger partial charge on any atom is -0.368 e. The van der Waals surface area contributed by atoms with Gasteiger partial charge in [0.2, 0.25) is 5.95 Å². The van der Waals surface area contributed by atoms with Gasteiger partial charge in [-0.1, -0.05) is 0 Å². The number of nitrogen functional groups attached to an aromatic ring is 1. The number of piperidine rings is 1. The van der Waals surface area contributed by atoms with E-state index in [9.17, 15) is 22.4 Å². The van der Waals surface area contributed by atoms with Crippen molar-refractivity contribution in [3.05, 3.63) is 48.2 Å². The molecule has 0 bridgehead atoms. The Hall–Kier alpha value is -3.50. The standard InChI is InChI=1S/C20H18F4N6O/c21-13-3-1-11(2-4-13)15-16(14-5-8-26-19(25)27-14)29-17(28-15)12-6-9-30(10-7-12)18(31)20(22,23)24/h1-5,8,12H,6-7,9-10H2,(H,28,29)(H2,25,26,27). The molecule has 3 heterocycles. The van der Waals surface area contributed by atoms with Gasteiger partial charge in [-0.05, 0) is 43.2 Å². The molecule has 0 saturated carbocycles. The summed E-state index contributed by atoms with van der Waals surface area (Å²) >= 11 is 0. The maximum Gasteiger partial charge on any atom is 0.471 e. The van der Waals surface area contributed by atoms with Crippen LogP contribution in [-0.4, -0.2) is 50.0 Å². The average molecular weight is 434 g/mol. The number of carbonyl (C=O) groups is 1. The number of amides is 1. The Balaban J connectivity index is 1.65. The number of anilines is 1. The first kappa shape index (κ1) is 20.8. The van der Waals surface area contributed by atoms with Gasteiger partial charge < -0.3 is 15.6 Å². The molecule has 3 aromatic rings. The number of benzene rings is 1. The van der Waals surface area contributed by atoms with Crippen molar-refractivity contribution in [3.8, 4) is 22.6 Å². The quantitative estimate of drug-likeness (QED) is 0.615. The van der Waals surface area contributed by atoms with Crippen LogP contribution in [0.15, 0.2) is 36.5 Å². The van der Waals surface area contributed by atoms with Gasteiger partial charge in [0, 0.05) is 30.8 Å². The highest BCUT2D eigenvalue weighted by atomic mass is 19.4. The van der Waals surface area contributed by atoms with E-state index >= 15 is 0 Å². The average Bonchev–Trinajstić information content (AvgIpc) is 3.19. The highest BCUT2D eigenvalue weighted by Gasteiger charge is 2.43. The Morgan fingerprint density at radius 2 is 1.77 bits per heavy atom. The predicted octanol–water partition coefficient (Wildman–Crippen LogP) is 3.52. The Labute approximate surface area is 174 Å². The van der Waals surface area contributed by atoms with Crippen LogP contribution in [-0.2, 0) is 4.79 Å². The van der Waals surface area contributed by atoms with E-state index in [1.807, 2.05) is 0 Å². The Morgan fingerprint density at radius 3 is 2.39 bits per heavy atom. The fourth-order valence-electron chi connectivity index (χ4n) is 3.64. The van der Waals surface area contributed by atoms with Crippen molar-refractivity contribution in [1.29, 1.82) is 0 Å². The van der Waals surface area contributed by atoms with Gasteiger partial charge in [-0.3, -0.25) is 4.79 Å². The molecule has 0 unspecified atom stereocenters. The van der Waals surface area contributed by atoms with Crippen LogP contribution in [0.3, 0.4) is 0 Å². The second kappa shape index (κ2) is 7.97. The van der Waals surface area contributed by atoms with Crippen LogP contribution in [0, 0.1) is 5.82 Å². The lowest BCUT2D eigenvalue weighted by Gasteiger charge is -2.31. The van der Waals surface area contributed by atoms with E-state index in [1.54, 1.807) is 18.2 Å². The number of H-pyrrole nitrogens is 1. The van der Waals surface area contributed by atoms with Crippen molar-refractivity contribution >= 4 is 11.9 Å². The maximum atomic E-state index is 13.4. The molecule has 162 valence electrons. The molecular weight excluding hydrogens is 416 g/mol. The summed E-state index contributed by atoms with van der Waals surface area (Å²) in [7, 11) is 0. The molecule has 0 atom stereocenters. The van der Waals surface area contributed by atoms with Crippen LogP contribution in [0.5, 0.6) is 0 Å². The van der Waals surface area contributed by atoms with Gasteiger partial charge in [0.15, 0.2) is 0 Å². The number of carbonyl (C=O) groups excluding carboxylic acids is 1. The van der Waals surface area contributed by atoms with E-state index in [0.29, 0.717) is 41.3 Å². The normalized spacial score (nSPS) is 15.3. The molecule has 0 aliphatic carbocycles. The van der Waals surface area contributed by atoms with Crippen molar-refractivity contribution in [2.45, 2.75) is 24.9 Å². The summed E-state index contributed by atoms with van der Waals surface area (Å²) < 4.78 is 51.4. The third-order valence-corrected chi connectivity index (χ3v) is 5.18. The summed E-state index contributed by atoms with van der Waals surface area (Å²) in [5.74, 6) is -1.77. The van der Waals surface area contributed by atoms with Gasteiger partial charge in [-0.25, -0.2) is 19.3 Å². The number of alkyl halides is 3. The van der Waals surface area contributed by atoms with E-state index in [4.69, 9.17) is 5.73 Å². The lowest BCUT2D eigenvalue weighted by atomic mass is 9.96. The van der Waals surface area contributed by atoms with Crippen molar-refractivity contribution < 1.29 is 22.4 Å². The number of aromatic amines is 1. The highest BCUT2D eigenvalue weighted by Crippen LogP contribution is 2.35. The Bertz CT molecular complexity index is 1090. The number of nitrogens with one attached hydrogen (secondary N) is 1. The molecule has 1 aromatic carbocycles. The smallest absolute Gasteiger partial charge is 0.368 e. The van der Waals surface area contributed by atoms with Crippen molar-refractivity contribution in [2.24, 2.45) is 0 Å². The number of nitrogens with two attached hydrogens (primary N) is 1. The number of halogens is 4. The van der Waals surface area contributed by atoms with Crippen molar-refractivity contribution in [2.75, 3.05) is 18.8 Å². The van der Waals surface area contributed by atoms with Crippen molar-refractivity contribution in [3.63, 3.8) is 0 Å². The first-order chi connectivity index (χ1) is 14.7. The molecule has 3 N–H and O–H groups in total. The molecule has 1 amide bonds. The van der Waals surface area contributed by atoms with Crippen molar-refractivity contribution in [1.82, 2.24) is 24.8 Å². The number of imidazole rings is 1. The topological polar surface area (TPSA) is 101 Å². The minimum atomic E-state index is -4.88. The van der Waals surface area contributed by atoms with Crippen LogP contribution >= 0.6 is 0 Å². The summed E-state index contributed by atoms with van der Waals surface area (Å²) in [4.78, 5) is 28.2. The van der Waals surface area contributed by atoms with E-state index in [2.05, 4.69) is 19.9 Å². The van der Waals surface area contributed by atoms with Crippen LogP contribution in [0.2, 0.25) is 0 Å². The molecule has 2 aromatic heterocycles.